The summed E-state index contributed by atoms with van der Waals surface area (Å²) in [6.07, 6.45) is -2.24. The first kappa shape index (κ1) is 14.8. The molecule has 0 N–H and O–H groups in total. The Balaban J connectivity index is 4.54. The Kier molecular flexibility index (Phi) is 5.15. The molecule has 15 heavy (non-hydrogen) atoms. The molecule has 92 valence electrons. The molecule has 0 saturated heterocycles. The van der Waals surface area contributed by atoms with Gasteiger partial charge < -0.3 is 0 Å². The Labute approximate surface area is 91.3 Å². The maximum absolute atomic E-state index is 12.9. The molecule has 0 radical (unpaired) electrons. The first-order chi connectivity index (χ1) is 6.65. The van der Waals surface area contributed by atoms with Gasteiger partial charge in [-0.2, -0.15) is 13.2 Å². The largest absolute Gasteiger partial charge is 0.394 e. The SMILES string of the molecule is CCC(C)CCC(C)(C(C)C)C(F)(F)F. The van der Waals surface area contributed by atoms with Gasteiger partial charge in [-0.15, -0.1) is 0 Å². The quantitative estimate of drug-likeness (QED) is 0.614. The number of hydrogen-bond donors (Lipinski definition) is 0. The van der Waals surface area contributed by atoms with Gasteiger partial charge in [-0.05, 0) is 24.7 Å². The molecule has 0 rings (SSSR count). The number of halogens is 3. The van der Waals surface area contributed by atoms with E-state index in [9.17, 15) is 13.2 Å². The molecule has 2 atom stereocenters. The second-order valence-corrected chi connectivity index (χ2v) is 5.12. The van der Waals surface area contributed by atoms with Crippen molar-refractivity contribution in [1.29, 1.82) is 0 Å². The maximum atomic E-state index is 12.9. The molecule has 0 nitrogen and oxygen atoms in total. The Morgan fingerprint density at radius 2 is 1.53 bits per heavy atom. The van der Waals surface area contributed by atoms with Crippen LogP contribution in [0.15, 0.2) is 0 Å². The molecule has 0 aromatic rings. The second kappa shape index (κ2) is 5.22. The van der Waals surface area contributed by atoms with Gasteiger partial charge in [-0.3, -0.25) is 0 Å². The summed E-state index contributed by atoms with van der Waals surface area (Å²) in [4.78, 5) is 0. The molecule has 0 aliphatic rings. The molecule has 0 fully saturated rings. The summed E-state index contributed by atoms with van der Waals surface area (Å²) >= 11 is 0. The minimum atomic E-state index is -4.09. The first-order valence-corrected chi connectivity index (χ1v) is 5.71. The fourth-order valence-electron chi connectivity index (χ4n) is 1.51. The van der Waals surface area contributed by atoms with Crippen molar-refractivity contribution in [2.24, 2.45) is 17.3 Å². The molecular weight excluding hydrogens is 201 g/mol. The Hall–Kier alpha value is -0.210. The van der Waals surface area contributed by atoms with E-state index in [1.807, 2.05) is 13.8 Å². The van der Waals surface area contributed by atoms with Crippen molar-refractivity contribution in [1.82, 2.24) is 0 Å². The molecule has 3 heteroatoms. The van der Waals surface area contributed by atoms with Gasteiger partial charge in [0, 0.05) is 0 Å². The van der Waals surface area contributed by atoms with Crippen molar-refractivity contribution in [3.8, 4) is 0 Å². The Morgan fingerprint density at radius 3 is 1.80 bits per heavy atom. The highest BCUT2D eigenvalue weighted by Crippen LogP contribution is 2.47. The summed E-state index contributed by atoms with van der Waals surface area (Å²) in [5, 5.41) is 0. The van der Waals surface area contributed by atoms with Crippen molar-refractivity contribution in [2.45, 2.75) is 60.1 Å². The van der Waals surface area contributed by atoms with Crippen molar-refractivity contribution in [3.05, 3.63) is 0 Å². The summed E-state index contributed by atoms with van der Waals surface area (Å²) in [5.74, 6) is 0.0204. The molecule has 0 spiro atoms. The molecule has 0 heterocycles. The highest BCUT2D eigenvalue weighted by atomic mass is 19.4. The van der Waals surface area contributed by atoms with Crippen LogP contribution in [-0.4, -0.2) is 6.18 Å². The van der Waals surface area contributed by atoms with E-state index in [1.165, 1.54) is 6.92 Å². The van der Waals surface area contributed by atoms with Gasteiger partial charge in [0.05, 0.1) is 5.41 Å². The molecule has 0 aliphatic carbocycles. The third kappa shape index (κ3) is 3.69. The van der Waals surface area contributed by atoms with E-state index in [0.29, 0.717) is 12.3 Å². The van der Waals surface area contributed by atoms with Gasteiger partial charge in [0.25, 0.3) is 0 Å². The van der Waals surface area contributed by atoms with Crippen LogP contribution in [0.25, 0.3) is 0 Å². The molecule has 0 aliphatic heterocycles. The van der Waals surface area contributed by atoms with Gasteiger partial charge in [0.2, 0.25) is 0 Å². The summed E-state index contributed by atoms with van der Waals surface area (Å²) in [5.41, 5.74) is -1.53. The lowest BCUT2D eigenvalue weighted by Crippen LogP contribution is -2.40. The van der Waals surface area contributed by atoms with Crippen LogP contribution in [-0.2, 0) is 0 Å². The molecule has 0 amide bonds. The van der Waals surface area contributed by atoms with Gasteiger partial charge in [0.1, 0.15) is 0 Å². The highest BCUT2D eigenvalue weighted by Gasteiger charge is 2.52. The summed E-state index contributed by atoms with van der Waals surface area (Å²) in [7, 11) is 0. The zero-order chi connectivity index (χ0) is 12.3. The van der Waals surface area contributed by atoms with Gasteiger partial charge in [0.15, 0.2) is 0 Å². The van der Waals surface area contributed by atoms with Crippen LogP contribution in [0.4, 0.5) is 13.2 Å². The monoisotopic (exact) mass is 224 g/mol. The molecule has 0 aromatic heterocycles. The average molecular weight is 224 g/mol. The van der Waals surface area contributed by atoms with Crippen LogP contribution in [0.5, 0.6) is 0 Å². The summed E-state index contributed by atoms with van der Waals surface area (Å²) in [6, 6.07) is 0. The molecular formula is C12H23F3. The lowest BCUT2D eigenvalue weighted by atomic mass is 9.73. The van der Waals surface area contributed by atoms with Crippen LogP contribution in [0.3, 0.4) is 0 Å². The van der Waals surface area contributed by atoms with E-state index >= 15 is 0 Å². The molecule has 0 saturated carbocycles. The Morgan fingerprint density at radius 1 is 1.07 bits per heavy atom. The summed E-state index contributed by atoms with van der Waals surface area (Å²) < 4.78 is 38.7. The minimum Gasteiger partial charge on any atom is -0.171 e. The normalized spacial score (nSPS) is 19.0. The van der Waals surface area contributed by atoms with Crippen LogP contribution in [0, 0.1) is 17.3 Å². The minimum absolute atomic E-state index is 0.239. The van der Waals surface area contributed by atoms with Crippen LogP contribution in [0.1, 0.15) is 53.9 Å². The fraction of sp³-hybridized carbons (Fsp3) is 1.00. The topological polar surface area (TPSA) is 0 Å². The lowest BCUT2D eigenvalue weighted by Gasteiger charge is -2.36. The van der Waals surface area contributed by atoms with Crippen LogP contribution < -0.4 is 0 Å². The van der Waals surface area contributed by atoms with Crippen LogP contribution >= 0.6 is 0 Å². The van der Waals surface area contributed by atoms with Gasteiger partial charge in [-0.25, -0.2) is 0 Å². The molecule has 0 bridgehead atoms. The van der Waals surface area contributed by atoms with E-state index in [1.54, 1.807) is 13.8 Å². The smallest absolute Gasteiger partial charge is 0.171 e. The van der Waals surface area contributed by atoms with E-state index < -0.39 is 11.6 Å². The maximum Gasteiger partial charge on any atom is 0.394 e. The van der Waals surface area contributed by atoms with Crippen molar-refractivity contribution in [3.63, 3.8) is 0 Å². The van der Waals surface area contributed by atoms with Crippen molar-refractivity contribution >= 4 is 0 Å². The first-order valence-electron chi connectivity index (χ1n) is 5.71. The summed E-state index contributed by atoms with van der Waals surface area (Å²) in [6.45, 7) is 8.69. The predicted octanol–water partition coefficient (Wildman–Crippen LogP) is 5.04. The molecule has 0 aromatic carbocycles. The number of rotatable bonds is 5. The van der Waals surface area contributed by atoms with Crippen LogP contribution in [0.2, 0.25) is 0 Å². The fourth-order valence-corrected chi connectivity index (χ4v) is 1.51. The van der Waals surface area contributed by atoms with Gasteiger partial charge in [-0.1, -0.05) is 41.0 Å². The highest BCUT2D eigenvalue weighted by molar-refractivity contribution is 4.85. The van der Waals surface area contributed by atoms with E-state index in [0.717, 1.165) is 6.42 Å². The van der Waals surface area contributed by atoms with E-state index in [-0.39, 0.29) is 12.3 Å². The van der Waals surface area contributed by atoms with Crippen molar-refractivity contribution in [2.75, 3.05) is 0 Å². The lowest BCUT2D eigenvalue weighted by molar-refractivity contribution is -0.236. The van der Waals surface area contributed by atoms with Crippen molar-refractivity contribution < 1.29 is 13.2 Å². The zero-order valence-electron chi connectivity index (χ0n) is 10.4. The third-order valence-corrected chi connectivity index (χ3v) is 3.78. The molecule has 2 unspecified atom stereocenters. The zero-order valence-corrected chi connectivity index (χ0v) is 10.4. The van der Waals surface area contributed by atoms with E-state index in [4.69, 9.17) is 0 Å². The van der Waals surface area contributed by atoms with E-state index in [2.05, 4.69) is 0 Å². The Bertz CT molecular complexity index is 184. The average Bonchev–Trinajstić information content (AvgIpc) is 2.11. The standard InChI is InChI=1S/C12H23F3/c1-6-10(4)7-8-11(5,9(2)3)12(13,14)15/h9-10H,6-8H2,1-5H3. The number of alkyl halides is 3. The second-order valence-electron chi connectivity index (χ2n) is 5.12. The number of hydrogen-bond acceptors (Lipinski definition) is 0. The third-order valence-electron chi connectivity index (χ3n) is 3.78. The van der Waals surface area contributed by atoms with Gasteiger partial charge >= 0.3 is 6.18 Å². The predicted molar refractivity (Wildman–Crippen MR) is 57.7 cm³/mol.